The summed E-state index contributed by atoms with van der Waals surface area (Å²) in [5.41, 5.74) is 0. The minimum Gasteiger partial charge on any atom is -0.394 e. The maximum Gasteiger partial charge on any atom is 0.164 e. The van der Waals surface area contributed by atoms with Crippen molar-refractivity contribution in [2.45, 2.75) is 66.3 Å². The minimum atomic E-state index is -0.384. The molecule has 2 fully saturated rings. The monoisotopic (exact) mass is 330 g/mol. The van der Waals surface area contributed by atoms with Crippen LogP contribution in [-0.4, -0.2) is 48.2 Å². The van der Waals surface area contributed by atoms with Crippen molar-refractivity contribution in [1.82, 2.24) is 0 Å². The topological polar surface area (TPSA) is 68.2 Å². The van der Waals surface area contributed by atoms with Crippen molar-refractivity contribution in [2.75, 3.05) is 13.2 Å². The summed E-state index contributed by atoms with van der Waals surface area (Å²) >= 11 is 0. The number of aliphatic hydroxyl groups excluding tert-OH is 2. The number of ether oxygens (including phenoxy) is 3. The van der Waals surface area contributed by atoms with Gasteiger partial charge in [0.2, 0.25) is 0 Å². The van der Waals surface area contributed by atoms with E-state index in [1.165, 1.54) is 0 Å². The molecule has 23 heavy (non-hydrogen) atoms. The molecule has 0 saturated carbocycles. The Morgan fingerprint density at radius 2 is 0.957 bits per heavy atom. The lowest BCUT2D eigenvalue weighted by molar-refractivity contribution is -0.343. The smallest absolute Gasteiger partial charge is 0.164 e. The van der Waals surface area contributed by atoms with E-state index in [1.807, 2.05) is 0 Å². The van der Waals surface area contributed by atoms with Gasteiger partial charge in [0, 0.05) is 11.8 Å². The van der Waals surface area contributed by atoms with Crippen LogP contribution in [0.25, 0.3) is 0 Å². The fourth-order valence-corrected chi connectivity index (χ4v) is 3.83. The molecular formula is C18H34O5. The molecular weight excluding hydrogens is 296 g/mol. The molecule has 10 atom stereocenters. The van der Waals surface area contributed by atoms with Gasteiger partial charge in [-0.2, -0.15) is 0 Å². The zero-order valence-electron chi connectivity index (χ0n) is 15.3. The van der Waals surface area contributed by atoms with E-state index in [-0.39, 0.29) is 49.8 Å². The Balaban J connectivity index is 2.07. The Kier molecular flexibility index (Phi) is 6.48. The summed E-state index contributed by atoms with van der Waals surface area (Å²) in [6.07, 6.45) is -1.17. The minimum absolute atomic E-state index is 0.00582. The molecule has 0 amide bonds. The van der Waals surface area contributed by atoms with Gasteiger partial charge < -0.3 is 24.4 Å². The second kappa shape index (κ2) is 7.79. The SMILES string of the molecule is C[C@@H]1[C@@H](C)[C@@H](O[C@H]2O[C@H](CO)[C@@H](C)[C@H](C)[C@H]2C)O[C@H](CO)[C@H]1C. The van der Waals surface area contributed by atoms with Gasteiger partial charge in [-0.05, 0) is 23.7 Å². The van der Waals surface area contributed by atoms with Gasteiger partial charge in [0.1, 0.15) is 0 Å². The number of rotatable bonds is 4. The highest BCUT2D eigenvalue weighted by molar-refractivity contribution is 4.85. The van der Waals surface area contributed by atoms with Crippen LogP contribution in [0.1, 0.15) is 41.5 Å². The van der Waals surface area contributed by atoms with Gasteiger partial charge in [-0.25, -0.2) is 0 Å². The van der Waals surface area contributed by atoms with Gasteiger partial charge in [-0.1, -0.05) is 41.5 Å². The molecule has 2 heterocycles. The molecule has 0 spiro atoms. The normalized spacial score (nSPS) is 51.7. The highest BCUT2D eigenvalue weighted by Gasteiger charge is 2.44. The molecule has 0 aromatic carbocycles. The summed E-state index contributed by atoms with van der Waals surface area (Å²) in [5.74, 6) is 1.84. The molecule has 2 N–H and O–H groups in total. The first-order valence-corrected chi connectivity index (χ1v) is 8.99. The molecule has 0 aromatic heterocycles. The zero-order valence-corrected chi connectivity index (χ0v) is 15.3. The fourth-order valence-electron chi connectivity index (χ4n) is 3.83. The number of hydrogen-bond donors (Lipinski definition) is 2. The molecule has 2 aliphatic rings. The molecule has 0 bridgehead atoms. The van der Waals surface area contributed by atoms with Crippen LogP contribution < -0.4 is 0 Å². The predicted molar refractivity (Wildman–Crippen MR) is 87.6 cm³/mol. The molecule has 2 saturated heterocycles. The van der Waals surface area contributed by atoms with Crippen molar-refractivity contribution < 1.29 is 24.4 Å². The van der Waals surface area contributed by atoms with E-state index in [2.05, 4.69) is 41.5 Å². The van der Waals surface area contributed by atoms with Gasteiger partial charge in [0.15, 0.2) is 12.6 Å². The van der Waals surface area contributed by atoms with Gasteiger partial charge in [-0.15, -0.1) is 0 Å². The third-order valence-electron chi connectivity index (χ3n) is 6.59. The second-order valence-corrected chi connectivity index (χ2v) is 7.74. The Labute approximate surface area is 140 Å². The molecule has 0 aromatic rings. The zero-order chi connectivity index (χ0) is 17.3. The predicted octanol–water partition coefficient (Wildman–Crippen LogP) is 2.25. The van der Waals surface area contributed by atoms with E-state index in [1.54, 1.807) is 0 Å². The summed E-state index contributed by atoms with van der Waals surface area (Å²) in [4.78, 5) is 0. The maximum absolute atomic E-state index is 9.55. The van der Waals surface area contributed by atoms with Crippen LogP contribution in [0.15, 0.2) is 0 Å². The average molecular weight is 330 g/mol. The van der Waals surface area contributed by atoms with Crippen LogP contribution >= 0.6 is 0 Å². The molecule has 2 aliphatic heterocycles. The van der Waals surface area contributed by atoms with Crippen LogP contribution in [0, 0.1) is 35.5 Å². The maximum atomic E-state index is 9.55. The van der Waals surface area contributed by atoms with E-state index in [4.69, 9.17) is 14.2 Å². The van der Waals surface area contributed by atoms with Gasteiger partial charge in [0.05, 0.1) is 25.4 Å². The van der Waals surface area contributed by atoms with Crippen molar-refractivity contribution in [3.05, 3.63) is 0 Å². The molecule has 0 unspecified atom stereocenters. The summed E-state index contributed by atoms with van der Waals surface area (Å²) < 4.78 is 18.2. The average Bonchev–Trinajstić information content (AvgIpc) is 2.55. The van der Waals surface area contributed by atoms with Crippen molar-refractivity contribution >= 4 is 0 Å². The van der Waals surface area contributed by atoms with Gasteiger partial charge in [0.25, 0.3) is 0 Å². The van der Waals surface area contributed by atoms with E-state index < -0.39 is 0 Å². The lowest BCUT2D eigenvalue weighted by atomic mass is 9.78. The van der Waals surface area contributed by atoms with Crippen molar-refractivity contribution in [3.8, 4) is 0 Å². The van der Waals surface area contributed by atoms with E-state index in [0.717, 1.165) is 0 Å². The second-order valence-electron chi connectivity index (χ2n) is 7.74. The summed E-state index contributed by atoms with van der Waals surface area (Å²) in [6.45, 7) is 12.9. The highest BCUT2D eigenvalue weighted by atomic mass is 16.8. The van der Waals surface area contributed by atoms with Crippen LogP contribution in [-0.2, 0) is 14.2 Å². The van der Waals surface area contributed by atoms with E-state index >= 15 is 0 Å². The largest absolute Gasteiger partial charge is 0.394 e. The Morgan fingerprint density at radius 3 is 1.26 bits per heavy atom. The molecule has 5 nitrogen and oxygen atoms in total. The first-order chi connectivity index (χ1) is 10.8. The Bertz CT molecular complexity index is 338. The van der Waals surface area contributed by atoms with Crippen molar-refractivity contribution in [1.29, 1.82) is 0 Å². The number of aliphatic hydroxyl groups is 2. The summed E-state index contributed by atoms with van der Waals surface area (Å²) in [7, 11) is 0. The Morgan fingerprint density at radius 1 is 0.609 bits per heavy atom. The molecule has 136 valence electrons. The summed E-state index contributed by atoms with van der Waals surface area (Å²) in [5, 5.41) is 19.1. The van der Waals surface area contributed by atoms with Crippen LogP contribution in [0.4, 0.5) is 0 Å². The quantitative estimate of drug-likeness (QED) is 0.827. The van der Waals surface area contributed by atoms with Gasteiger partial charge in [-0.3, -0.25) is 0 Å². The van der Waals surface area contributed by atoms with Crippen LogP contribution in [0.2, 0.25) is 0 Å². The number of hydrogen-bond acceptors (Lipinski definition) is 5. The Hall–Kier alpha value is -0.200. The van der Waals surface area contributed by atoms with Crippen LogP contribution in [0.5, 0.6) is 0 Å². The fraction of sp³-hybridized carbons (Fsp3) is 1.00. The van der Waals surface area contributed by atoms with Crippen molar-refractivity contribution in [2.24, 2.45) is 35.5 Å². The highest BCUT2D eigenvalue weighted by Crippen LogP contribution is 2.40. The third-order valence-corrected chi connectivity index (χ3v) is 6.59. The molecule has 2 rings (SSSR count). The first kappa shape index (κ1) is 19.1. The standard InChI is InChI=1S/C18H34O5/c1-9-11(3)15(7-19)21-17(13(9)5)23-18-14(6)10(2)12(4)16(8-20)22-18/h9-20H,7-8H2,1-6H3/t9-,10-,11-,12-,13+,14+,15+,16+,17+,18+/m0/s1. The van der Waals surface area contributed by atoms with E-state index in [9.17, 15) is 10.2 Å². The molecule has 0 aliphatic carbocycles. The lowest BCUT2D eigenvalue weighted by Crippen LogP contribution is -2.53. The molecule has 0 radical (unpaired) electrons. The van der Waals surface area contributed by atoms with Crippen molar-refractivity contribution in [3.63, 3.8) is 0 Å². The summed E-state index contributed by atoms with van der Waals surface area (Å²) in [6, 6.07) is 0. The van der Waals surface area contributed by atoms with Crippen LogP contribution in [0.3, 0.4) is 0 Å². The van der Waals surface area contributed by atoms with Gasteiger partial charge >= 0.3 is 0 Å². The third kappa shape index (κ3) is 3.74. The first-order valence-electron chi connectivity index (χ1n) is 8.99. The lowest BCUT2D eigenvalue weighted by Gasteiger charge is -2.47. The molecule has 5 heteroatoms. The van der Waals surface area contributed by atoms with E-state index in [0.29, 0.717) is 23.7 Å².